The minimum atomic E-state index is 0.0837. The molecule has 0 aliphatic rings. The van der Waals surface area contributed by atoms with Crippen LogP contribution in [0.15, 0.2) is 0 Å². The molecule has 0 bridgehead atoms. The Bertz CT molecular complexity index is 206. The van der Waals surface area contributed by atoms with E-state index in [2.05, 4.69) is 16.6 Å². The van der Waals surface area contributed by atoms with Crippen LogP contribution in [0.5, 0.6) is 0 Å². The summed E-state index contributed by atoms with van der Waals surface area (Å²) in [5.41, 5.74) is 0. The van der Waals surface area contributed by atoms with E-state index in [-0.39, 0.29) is 18.0 Å². The van der Waals surface area contributed by atoms with Crippen molar-refractivity contribution >= 4 is 5.91 Å². The first-order chi connectivity index (χ1) is 6.56. The van der Waals surface area contributed by atoms with Crippen molar-refractivity contribution in [1.82, 2.24) is 10.6 Å². The summed E-state index contributed by atoms with van der Waals surface area (Å²) in [6.45, 7) is 6.60. The smallest absolute Gasteiger partial charge is 0.221 e. The number of rotatable bonds is 6. The largest absolute Gasteiger partial charge is 0.354 e. The van der Waals surface area contributed by atoms with Crippen molar-refractivity contribution in [1.29, 1.82) is 0 Å². The van der Waals surface area contributed by atoms with Gasteiger partial charge in [-0.25, -0.2) is 0 Å². The van der Waals surface area contributed by atoms with Gasteiger partial charge in [0, 0.05) is 31.5 Å². The molecular formula is C11H20N2O. The van der Waals surface area contributed by atoms with Crippen LogP contribution in [0, 0.1) is 12.3 Å². The molecule has 1 unspecified atom stereocenters. The Morgan fingerprint density at radius 3 is 2.57 bits per heavy atom. The summed E-state index contributed by atoms with van der Waals surface area (Å²) in [4.78, 5) is 11.2. The van der Waals surface area contributed by atoms with Gasteiger partial charge in [-0.1, -0.05) is 0 Å². The average Bonchev–Trinajstić information content (AvgIpc) is 2.02. The van der Waals surface area contributed by atoms with Crippen molar-refractivity contribution in [2.24, 2.45) is 0 Å². The molecule has 0 aromatic carbocycles. The van der Waals surface area contributed by atoms with E-state index in [1.165, 1.54) is 0 Å². The Morgan fingerprint density at radius 2 is 2.07 bits per heavy atom. The van der Waals surface area contributed by atoms with Crippen LogP contribution in [0.3, 0.4) is 0 Å². The quantitative estimate of drug-likeness (QED) is 0.620. The molecule has 0 aromatic rings. The Morgan fingerprint density at radius 1 is 1.43 bits per heavy atom. The second-order valence-electron chi connectivity index (χ2n) is 3.74. The molecule has 0 aliphatic heterocycles. The predicted molar refractivity (Wildman–Crippen MR) is 58.8 cm³/mol. The molecule has 0 aliphatic carbocycles. The fourth-order valence-corrected chi connectivity index (χ4v) is 1.08. The molecular weight excluding hydrogens is 176 g/mol. The van der Waals surface area contributed by atoms with Crippen LogP contribution >= 0.6 is 0 Å². The number of carbonyl (C=O) groups excluding carboxylic acids is 1. The van der Waals surface area contributed by atoms with Gasteiger partial charge < -0.3 is 10.6 Å². The lowest BCUT2D eigenvalue weighted by molar-refractivity contribution is -0.121. The highest BCUT2D eigenvalue weighted by atomic mass is 16.1. The van der Waals surface area contributed by atoms with Gasteiger partial charge in [0.1, 0.15) is 0 Å². The van der Waals surface area contributed by atoms with Crippen LogP contribution in [0.1, 0.15) is 33.6 Å². The van der Waals surface area contributed by atoms with E-state index in [1.54, 1.807) is 0 Å². The lowest BCUT2D eigenvalue weighted by atomic mass is 10.2. The van der Waals surface area contributed by atoms with Gasteiger partial charge in [-0.3, -0.25) is 4.79 Å². The van der Waals surface area contributed by atoms with Crippen molar-refractivity contribution in [2.45, 2.75) is 45.7 Å². The fourth-order valence-electron chi connectivity index (χ4n) is 1.08. The predicted octanol–water partition coefficient (Wildman–Crippen LogP) is 0.902. The highest BCUT2D eigenvalue weighted by Crippen LogP contribution is 1.88. The zero-order chi connectivity index (χ0) is 11.0. The Hall–Kier alpha value is -1.01. The number of hydrogen-bond acceptors (Lipinski definition) is 2. The maximum absolute atomic E-state index is 11.2. The first-order valence-corrected chi connectivity index (χ1v) is 5.02. The van der Waals surface area contributed by atoms with Gasteiger partial charge >= 0.3 is 0 Å². The van der Waals surface area contributed by atoms with Crippen molar-refractivity contribution in [3.05, 3.63) is 0 Å². The van der Waals surface area contributed by atoms with Crippen LogP contribution in [0.2, 0.25) is 0 Å². The fraction of sp³-hybridized carbons (Fsp3) is 0.727. The Labute approximate surface area is 86.6 Å². The van der Waals surface area contributed by atoms with Gasteiger partial charge in [0.05, 0.1) is 0 Å². The number of carbonyl (C=O) groups is 1. The summed E-state index contributed by atoms with van der Waals surface area (Å²) >= 11 is 0. The van der Waals surface area contributed by atoms with E-state index in [4.69, 9.17) is 6.42 Å². The summed E-state index contributed by atoms with van der Waals surface area (Å²) in [5, 5.41) is 6.01. The first-order valence-electron chi connectivity index (χ1n) is 5.02. The number of nitrogens with one attached hydrogen (secondary N) is 2. The lowest BCUT2D eigenvalue weighted by Crippen LogP contribution is -2.34. The Balaban J connectivity index is 3.45. The minimum absolute atomic E-state index is 0.0837. The van der Waals surface area contributed by atoms with Crippen molar-refractivity contribution in [3.8, 4) is 12.3 Å². The molecule has 0 rings (SSSR count). The molecule has 14 heavy (non-hydrogen) atoms. The highest BCUT2D eigenvalue weighted by Gasteiger charge is 2.03. The van der Waals surface area contributed by atoms with Crippen molar-refractivity contribution in [3.63, 3.8) is 0 Å². The summed E-state index contributed by atoms with van der Waals surface area (Å²) in [6.07, 6.45) is 6.36. The number of amides is 1. The zero-order valence-electron chi connectivity index (χ0n) is 9.26. The van der Waals surface area contributed by atoms with Gasteiger partial charge in [0.2, 0.25) is 5.91 Å². The Kier molecular flexibility index (Phi) is 6.87. The van der Waals surface area contributed by atoms with Crippen molar-refractivity contribution < 1.29 is 4.79 Å². The van der Waals surface area contributed by atoms with E-state index < -0.39 is 0 Å². The minimum Gasteiger partial charge on any atom is -0.354 e. The van der Waals surface area contributed by atoms with Crippen LogP contribution < -0.4 is 10.6 Å². The summed E-state index contributed by atoms with van der Waals surface area (Å²) < 4.78 is 0. The molecule has 0 radical (unpaired) electrons. The van der Waals surface area contributed by atoms with E-state index in [0.717, 1.165) is 0 Å². The van der Waals surface area contributed by atoms with Crippen LogP contribution in [0.25, 0.3) is 0 Å². The molecule has 3 heteroatoms. The normalized spacial score (nSPS) is 12.2. The average molecular weight is 196 g/mol. The molecule has 0 saturated carbocycles. The van der Waals surface area contributed by atoms with E-state index in [1.807, 2.05) is 20.8 Å². The molecule has 1 amide bonds. The third-order valence-corrected chi connectivity index (χ3v) is 1.72. The second kappa shape index (κ2) is 7.40. The highest BCUT2D eigenvalue weighted by molar-refractivity contribution is 5.76. The summed E-state index contributed by atoms with van der Waals surface area (Å²) in [7, 11) is 0. The number of hydrogen-bond donors (Lipinski definition) is 2. The van der Waals surface area contributed by atoms with Gasteiger partial charge in [0.25, 0.3) is 0 Å². The SMILES string of the molecule is C#CCC(C)NCCC(=O)NC(C)C. The molecule has 0 heterocycles. The summed E-state index contributed by atoms with van der Waals surface area (Å²) in [6, 6.07) is 0.498. The van der Waals surface area contributed by atoms with E-state index in [9.17, 15) is 4.79 Å². The first kappa shape index (κ1) is 13.0. The molecule has 0 fully saturated rings. The summed E-state index contributed by atoms with van der Waals surface area (Å²) in [5.74, 6) is 2.66. The van der Waals surface area contributed by atoms with Crippen molar-refractivity contribution in [2.75, 3.05) is 6.54 Å². The third kappa shape index (κ3) is 7.63. The van der Waals surface area contributed by atoms with Gasteiger partial charge in [-0.15, -0.1) is 12.3 Å². The molecule has 0 aromatic heterocycles. The van der Waals surface area contributed by atoms with Gasteiger partial charge in [-0.05, 0) is 20.8 Å². The molecule has 2 N–H and O–H groups in total. The number of terminal acetylenes is 1. The van der Waals surface area contributed by atoms with Crippen LogP contribution in [-0.2, 0) is 4.79 Å². The second-order valence-corrected chi connectivity index (χ2v) is 3.74. The van der Waals surface area contributed by atoms with Crippen LogP contribution in [0.4, 0.5) is 0 Å². The monoisotopic (exact) mass is 196 g/mol. The molecule has 80 valence electrons. The molecule has 0 saturated heterocycles. The van der Waals surface area contributed by atoms with Gasteiger partial charge in [0.15, 0.2) is 0 Å². The van der Waals surface area contributed by atoms with E-state index in [0.29, 0.717) is 19.4 Å². The van der Waals surface area contributed by atoms with Gasteiger partial charge in [-0.2, -0.15) is 0 Å². The maximum Gasteiger partial charge on any atom is 0.221 e. The zero-order valence-corrected chi connectivity index (χ0v) is 9.26. The lowest BCUT2D eigenvalue weighted by Gasteiger charge is -2.11. The maximum atomic E-state index is 11.2. The third-order valence-electron chi connectivity index (χ3n) is 1.72. The standard InChI is InChI=1S/C11H20N2O/c1-5-6-10(4)12-8-7-11(14)13-9(2)3/h1,9-10,12H,6-8H2,2-4H3,(H,13,14). The van der Waals surface area contributed by atoms with Crippen LogP contribution in [-0.4, -0.2) is 24.5 Å². The molecule has 0 spiro atoms. The molecule has 1 atom stereocenters. The van der Waals surface area contributed by atoms with E-state index >= 15 is 0 Å². The topological polar surface area (TPSA) is 41.1 Å². The molecule has 3 nitrogen and oxygen atoms in total.